The van der Waals surface area contributed by atoms with E-state index in [1.807, 2.05) is 7.05 Å². The molecule has 0 fully saturated rings. The summed E-state index contributed by atoms with van der Waals surface area (Å²) < 4.78 is 22.5. The molecule has 0 spiro atoms. The highest BCUT2D eigenvalue weighted by Gasteiger charge is 2.21. The third-order valence-corrected chi connectivity index (χ3v) is 5.59. The molecule has 0 unspecified atom stereocenters. The smallest absolute Gasteiger partial charge is 0.270 e. The van der Waals surface area contributed by atoms with Crippen LogP contribution in [0.5, 0.6) is 0 Å². The van der Waals surface area contributed by atoms with Crippen LogP contribution in [-0.4, -0.2) is 26.9 Å². The first-order valence-corrected chi connectivity index (χ1v) is 7.34. The Morgan fingerprint density at radius 1 is 1.57 bits per heavy atom. The lowest BCUT2D eigenvalue weighted by Crippen LogP contribution is -2.25. The minimum Gasteiger partial charge on any atom is -0.302 e. The van der Waals surface area contributed by atoms with E-state index in [0.717, 1.165) is 30.0 Å². The quantitative estimate of drug-likeness (QED) is 0.713. The second-order valence-electron chi connectivity index (χ2n) is 3.44. The van der Waals surface area contributed by atoms with Gasteiger partial charge in [-0.1, -0.05) is 0 Å². The Hall–Kier alpha value is -0.100. The molecule has 0 amide bonds. The van der Waals surface area contributed by atoms with Crippen LogP contribution < -0.4 is 0 Å². The number of hydrogen-bond donors (Lipinski definition) is 0. The van der Waals surface area contributed by atoms with E-state index in [2.05, 4.69) is 4.90 Å². The lowest BCUT2D eigenvalue weighted by Gasteiger charge is -2.21. The first kappa shape index (κ1) is 10.4. The predicted molar refractivity (Wildman–Crippen MR) is 57.4 cm³/mol. The maximum Gasteiger partial charge on any atom is 0.270 e. The lowest BCUT2D eigenvalue weighted by molar-refractivity contribution is 0.315. The van der Waals surface area contributed by atoms with Gasteiger partial charge in [-0.15, -0.1) is 11.3 Å². The van der Waals surface area contributed by atoms with Crippen molar-refractivity contribution in [3.05, 3.63) is 16.5 Å². The minimum absolute atomic E-state index is 0.277. The maximum atomic E-state index is 11.1. The fourth-order valence-corrected chi connectivity index (χ4v) is 3.86. The highest BCUT2D eigenvalue weighted by atomic mass is 35.7. The summed E-state index contributed by atoms with van der Waals surface area (Å²) in [5.41, 5.74) is 1.10. The second kappa shape index (κ2) is 3.48. The van der Waals surface area contributed by atoms with Gasteiger partial charge in [-0.25, -0.2) is 8.42 Å². The van der Waals surface area contributed by atoms with E-state index in [1.54, 1.807) is 6.07 Å². The van der Waals surface area contributed by atoms with Gasteiger partial charge in [-0.2, -0.15) is 0 Å². The molecule has 0 saturated heterocycles. The molecule has 6 heteroatoms. The predicted octanol–water partition coefficient (Wildman–Crippen LogP) is 1.66. The summed E-state index contributed by atoms with van der Waals surface area (Å²) in [5, 5.41) is 0. The zero-order valence-electron chi connectivity index (χ0n) is 7.66. The fraction of sp³-hybridized carbons (Fsp3) is 0.500. The van der Waals surface area contributed by atoms with Gasteiger partial charge in [0.05, 0.1) is 0 Å². The van der Waals surface area contributed by atoms with Crippen molar-refractivity contribution < 1.29 is 8.42 Å². The summed E-state index contributed by atoms with van der Waals surface area (Å²) in [5.74, 6) is 0. The highest BCUT2D eigenvalue weighted by Crippen LogP contribution is 2.32. The Bertz CT molecular complexity index is 452. The van der Waals surface area contributed by atoms with E-state index in [0.29, 0.717) is 0 Å². The fourth-order valence-electron chi connectivity index (χ4n) is 1.57. The summed E-state index contributed by atoms with van der Waals surface area (Å²) in [6.07, 6.45) is 0.920. The number of hydrogen-bond acceptors (Lipinski definition) is 4. The van der Waals surface area contributed by atoms with Gasteiger partial charge in [0.15, 0.2) is 0 Å². The first-order chi connectivity index (χ1) is 6.47. The number of halogens is 1. The van der Waals surface area contributed by atoms with Gasteiger partial charge in [0.25, 0.3) is 9.05 Å². The Labute approximate surface area is 91.7 Å². The van der Waals surface area contributed by atoms with E-state index in [9.17, 15) is 8.42 Å². The van der Waals surface area contributed by atoms with Crippen LogP contribution in [0.3, 0.4) is 0 Å². The van der Waals surface area contributed by atoms with Crippen LogP contribution in [0.15, 0.2) is 10.3 Å². The molecule has 14 heavy (non-hydrogen) atoms. The molecule has 1 aromatic rings. The molecular weight excluding hydrogens is 242 g/mol. The Kier molecular flexibility index (Phi) is 2.59. The van der Waals surface area contributed by atoms with Crippen molar-refractivity contribution in [1.29, 1.82) is 0 Å². The van der Waals surface area contributed by atoms with Crippen molar-refractivity contribution >= 4 is 31.1 Å². The van der Waals surface area contributed by atoms with Crippen LogP contribution >= 0.6 is 22.0 Å². The molecule has 0 bridgehead atoms. The third kappa shape index (κ3) is 1.95. The SMILES string of the molecule is CN1CCc2sc(S(=O)(=O)Cl)cc2C1. The van der Waals surface area contributed by atoms with E-state index in [1.165, 1.54) is 11.3 Å². The zero-order chi connectivity index (χ0) is 10.3. The topological polar surface area (TPSA) is 37.4 Å². The highest BCUT2D eigenvalue weighted by molar-refractivity contribution is 8.15. The van der Waals surface area contributed by atoms with Crippen molar-refractivity contribution in [3.63, 3.8) is 0 Å². The number of nitrogens with zero attached hydrogens (tertiary/aromatic N) is 1. The monoisotopic (exact) mass is 251 g/mol. The molecule has 1 aliphatic rings. The summed E-state index contributed by atoms with van der Waals surface area (Å²) in [7, 11) is 3.76. The first-order valence-electron chi connectivity index (χ1n) is 4.21. The van der Waals surface area contributed by atoms with Crippen LogP contribution in [0.25, 0.3) is 0 Å². The molecule has 3 nitrogen and oxygen atoms in total. The molecule has 0 radical (unpaired) electrons. The summed E-state index contributed by atoms with van der Waals surface area (Å²) in [4.78, 5) is 3.32. The molecular formula is C8H10ClNO2S2. The van der Waals surface area contributed by atoms with Gasteiger partial charge in [0, 0.05) is 28.6 Å². The van der Waals surface area contributed by atoms with E-state index in [-0.39, 0.29) is 4.21 Å². The Morgan fingerprint density at radius 3 is 2.93 bits per heavy atom. The standard InChI is InChI=1S/C8H10ClNO2S2/c1-10-3-2-7-6(5-10)4-8(13-7)14(9,11)12/h4H,2-3,5H2,1H3. The molecule has 1 aromatic heterocycles. The van der Waals surface area contributed by atoms with E-state index < -0.39 is 9.05 Å². The van der Waals surface area contributed by atoms with Crippen molar-refractivity contribution in [1.82, 2.24) is 4.90 Å². The Balaban J connectivity index is 2.42. The molecule has 78 valence electrons. The van der Waals surface area contributed by atoms with Crippen LogP contribution in [0.4, 0.5) is 0 Å². The van der Waals surface area contributed by atoms with Gasteiger partial charge in [-0.3, -0.25) is 0 Å². The van der Waals surface area contributed by atoms with Crippen molar-refractivity contribution in [2.24, 2.45) is 0 Å². The second-order valence-corrected chi connectivity index (χ2v) is 7.37. The minimum atomic E-state index is -3.54. The van der Waals surface area contributed by atoms with Crippen molar-refractivity contribution in [3.8, 4) is 0 Å². The summed E-state index contributed by atoms with van der Waals surface area (Å²) in [6, 6.07) is 1.69. The number of thiophene rings is 1. The normalized spacial score (nSPS) is 18.1. The molecule has 0 atom stereocenters. The summed E-state index contributed by atoms with van der Waals surface area (Å²) in [6.45, 7) is 1.80. The van der Waals surface area contributed by atoms with Gasteiger partial charge >= 0.3 is 0 Å². The van der Waals surface area contributed by atoms with Crippen LogP contribution in [-0.2, 0) is 22.0 Å². The van der Waals surface area contributed by atoms with Crippen LogP contribution in [0.1, 0.15) is 10.4 Å². The number of likely N-dealkylation sites (N-methyl/N-ethyl adjacent to an activating group) is 1. The van der Waals surface area contributed by atoms with Gasteiger partial charge in [0.2, 0.25) is 0 Å². The van der Waals surface area contributed by atoms with E-state index in [4.69, 9.17) is 10.7 Å². The summed E-state index contributed by atoms with van der Waals surface area (Å²) >= 11 is 1.30. The van der Waals surface area contributed by atoms with Gasteiger partial charge < -0.3 is 4.90 Å². The van der Waals surface area contributed by atoms with Crippen molar-refractivity contribution in [2.75, 3.05) is 13.6 Å². The molecule has 2 rings (SSSR count). The molecule has 0 N–H and O–H groups in total. The third-order valence-electron chi connectivity index (χ3n) is 2.28. The largest absolute Gasteiger partial charge is 0.302 e. The van der Waals surface area contributed by atoms with Crippen LogP contribution in [0.2, 0.25) is 0 Å². The average molecular weight is 252 g/mol. The zero-order valence-corrected chi connectivity index (χ0v) is 10.0. The Morgan fingerprint density at radius 2 is 2.29 bits per heavy atom. The lowest BCUT2D eigenvalue weighted by atomic mass is 10.1. The number of rotatable bonds is 1. The molecule has 0 aliphatic carbocycles. The average Bonchev–Trinajstić information content (AvgIpc) is 2.45. The van der Waals surface area contributed by atoms with E-state index >= 15 is 0 Å². The van der Waals surface area contributed by atoms with Crippen LogP contribution in [0, 0.1) is 0 Å². The maximum absolute atomic E-state index is 11.1. The van der Waals surface area contributed by atoms with Gasteiger partial charge in [-0.05, 0) is 25.1 Å². The molecule has 1 aliphatic heterocycles. The van der Waals surface area contributed by atoms with Gasteiger partial charge in [0.1, 0.15) is 4.21 Å². The molecule has 0 aromatic carbocycles. The molecule has 2 heterocycles. The number of fused-ring (bicyclic) bond motifs is 1. The van der Waals surface area contributed by atoms with Crippen molar-refractivity contribution in [2.45, 2.75) is 17.2 Å². The molecule has 0 saturated carbocycles.